The van der Waals surface area contributed by atoms with Crippen LogP contribution in [0.5, 0.6) is 0 Å². The summed E-state index contributed by atoms with van der Waals surface area (Å²) in [6, 6.07) is -1.11. The molecule has 4 heterocycles. The van der Waals surface area contributed by atoms with Gasteiger partial charge >= 0.3 is 11.9 Å². The molecule has 220 valence electrons. The third kappa shape index (κ3) is 5.68. The Balaban J connectivity index is 1.56. The number of oxime groups is 1. The normalized spacial score (nSPS) is 19.1. The molecule has 4 rings (SSSR count). The summed E-state index contributed by atoms with van der Waals surface area (Å²) in [6.07, 6.45) is 2.34. The average molecular weight is 610 g/mol. The number of nitrogens with two attached hydrogens (primary N) is 3. The van der Waals surface area contributed by atoms with Gasteiger partial charge in [0.1, 0.15) is 17.1 Å². The molecule has 0 radical (unpaired) electrons. The first-order valence-corrected chi connectivity index (χ1v) is 13.9. The second-order valence-corrected chi connectivity index (χ2v) is 11.5. The van der Waals surface area contributed by atoms with Crippen LogP contribution in [-0.2, 0) is 44.0 Å². The molecule has 0 spiro atoms. The minimum atomic E-state index is -1.79. The fourth-order valence-corrected chi connectivity index (χ4v) is 5.87. The molecule has 1 fully saturated rings. The topological polar surface area (TPSA) is 258 Å². The van der Waals surface area contributed by atoms with Crippen molar-refractivity contribution in [1.29, 1.82) is 0 Å². The lowest BCUT2D eigenvalue weighted by Gasteiger charge is -2.49. The van der Waals surface area contributed by atoms with Crippen molar-refractivity contribution in [3.8, 4) is 0 Å². The quantitative estimate of drug-likeness (QED) is 0.0688. The number of fused-ring (bicyclic) bond motifs is 1. The Morgan fingerprint density at radius 1 is 1.32 bits per heavy atom. The number of thioether (sulfide) groups is 1. The summed E-state index contributed by atoms with van der Waals surface area (Å²) in [6.45, 7) is 3.01. The number of carbonyl (C=O) groups is 4. The molecule has 2 aliphatic rings. The zero-order valence-electron chi connectivity index (χ0n) is 22.2. The number of rotatable bonds is 11. The van der Waals surface area contributed by atoms with Gasteiger partial charge in [-0.15, -0.1) is 21.1 Å². The average Bonchev–Trinajstić information content (AvgIpc) is 3.45. The van der Waals surface area contributed by atoms with Crippen LogP contribution in [0.1, 0.15) is 25.2 Å². The van der Waals surface area contributed by atoms with Gasteiger partial charge in [-0.25, -0.2) is 9.59 Å². The SMILES string of the molecule is Cn1c(N)c(CCN)c[n+]1CC1=C(C(=O)O)N2C(=O)[C@@H](NC(=O)/C(=N\OC(C)(C)C(=O)O)c3nsc(N)n3)[C@H]2SC1. The molecule has 2 atom stereocenters. The molecule has 0 unspecified atom stereocenters. The minimum Gasteiger partial charge on any atom is -0.478 e. The van der Waals surface area contributed by atoms with Gasteiger partial charge in [0.15, 0.2) is 17.5 Å². The van der Waals surface area contributed by atoms with Crippen LogP contribution in [0.2, 0.25) is 0 Å². The number of amides is 2. The van der Waals surface area contributed by atoms with Crippen LogP contribution in [0.3, 0.4) is 0 Å². The molecular weight excluding hydrogens is 580 g/mol. The Morgan fingerprint density at radius 2 is 2.02 bits per heavy atom. The highest BCUT2D eigenvalue weighted by molar-refractivity contribution is 8.00. The third-order valence-corrected chi connectivity index (χ3v) is 8.30. The minimum absolute atomic E-state index is 0.0171. The molecule has 2 amide bonds. The van der Waals surface area contributed by atoms with Crippen LogP contribution >= 0.6 is 23.3 Å². The molecule has 17 nitrogen and oxygen atoms in total. The van der Waals surface area contributed by atoms with Crippen molar-refractivity contribution in [3.05, 3.63) is 28.9 Å². The zero-order valence-corrected chi connectivity index (χ0v) is 23.9. The maximum Gasteiger partial charge on any atom is 0.352 e. The molecule has 41 heavy (non-hydrogen) atoms. The number of β-lactam (4-membered cyclic amide) rings is 1. The number of aromatic nitrogens is 4. The van der Waals surface area contributed by atoms with Crippen molar-refractivity contribution >= 4 is 63.7 Å². The van der Waals surface area contributed by atoms with E-state index in [9.17, 15) is 29.4 Å². The van der Waals surface area contributed by atoms with E-state index in [1.165, 1.54) is 25.6 Å². The van der Waals surface area contributed by atoms with Gasteiger partial charge in [0.2, 0.25) is 23.3 Å². The van der Waals surface area contributed by atoms with Gasteiger partial charge < -0.3 is 37.6 Å². The molecule has 0 aromatic carbocycles. The second-order valence-electron chi connectivity index (χ2n) is 9.62. The summed E-state index contributed by atoms with van der Waals surface area (Å²) < 4.78 is 7.36. The van der Waals surface area contributed by atoms with E-state index in [1.54, 1.807) is 22.6 Å². The molecule has 0 aliphatic carbocycles. The first kappa shape index (κ1) is 29.7. The van der Waals surface area contributed by atoms with Crippen molar-refractivity contribution < 1.29 is 38.9 Å². The van der Waals surface area contributed by atoms with Crippen molar-refractivity contribution in [2.45, 2.75) is 43.8 Å². The number of nitrogen functional groups attached to an aromatic ring is 2. The Hall–Kier alpha value is -4.23. The monoisotopic (exact) mass is 609 g/mol. The van der Waals surface area contributed by atoms with E-state index in [-0.39, 0.29) is 29.0 Å². The van der Waals surface area contributed by atoms with E-state index >= 15 is 0 Å². The summed E-state index contributed by atoms with van der Waals surface area (Å²) in [5.74, 6) is -3.69. The number of aliphatic carboxylic acids is 2. The number of nitrogens with zero attached hydrogens (tertiary/aromatic N) is 6. The van der Waals surface area contributed by atoms with Crippen LogP contribution in [0.15, 0.2) is 22.6 Å². The largest absolute Gasteiger partial charge is 0.478 e. The van der Waals surface area contributed by atoms with E-state index in [0.717, 1.165) is 22.0 Å². The van der Waals surface area contributed by atoms with E-state index in [1.807, 2.05) is 0 Å². The van der Waals surface area contributed by atoms with Crippen molar-refractivity contribution in [2.24, 2.45) is 17.9 Å². The van der Waals surface area contributed by atoms with Crippen LogP contribution in [0, 0.1) is 0 Å². The lowest BCUT2D eigenvalue weighted by molar-refractivity contribution is -0.765. The van der Waals surface area contributed by atoms with Crippen LogP contribution in [0.4, 0.5) is 10.9 Å². The summed E-state index contributed by atoms with van der Waals surface area (Å²) in [5.41, 5.74) is 16.3. The van der Waals surface area contributed by atoms with Crippen molar-refractivity contribution in [3.63, 3.8) is 0 Å². The first-order valence-electron chi connectivity index (χ1n) is 12.1. The predicted octanol–water partition coefficient (Wildman–Crippen LogP) is -2.15. The van der Waals surface area contributed by atoms with Gasteiger partial charge in [0.25, 0.3) is 11.8 Å². The molecule has 9 N–H and O–H groups in total. The van der Waals surface area contributed by atoms with Crippen LogP contribution < -0.4 is 27.2 Å². The zero-order chi connectivity index (χ0) is 30.2. The highest BCUT2D eigenvalue weighted by Crippen LogP contribution is 2.40. The number of carbonyl (C=O) groups excluding carboxylic acids is 2. The molecule has 2 aromatic rings. The maximum absolute atomic E-state index is 13.2. The number of carboxylic acid groups (broad SMARTS) is 2. The maximum atomic E-state index is 13.2. The molecular formula is C22H29N10O7S2+. The number of anilines is 2. The predicted molar refractivity (Wildman–Crippen MR) is 146 cm³/mol. The van der Waals surface area contributed by atoms with Crippen molar-refractivity contribution in [1.82, 2.24) is 24.3 Å². The van der Waals surface area contributed by atoms with Gasteiger partial charge in [-0.05, 0) is 26.8 Å². The van der Waals surface area contributed by atoms with E-state index < -0.39 is 46.5 Å². The Morgan fingerprint density at radius 3 is 2.61 bits per heavy atom. The molecule has 0 bridgehead atoms. The van der Waals surface area contributed by atoms with Crippen LogP contribution in [-0.4, -0.2) is 87.9 Å². The van der Waals surface area contributed by atoms with E-state index in [4.69, 9.17) is 22.0 Å². The lowest BCUT2D eigenvalue weighted by Crippen LogP contribution is -2.71. The molecule has 2 aromatic heterocycles. The Kier molecular flexibility index (Phi) is 8.22. The van der Waals surface area contributed by atoms with Crippen molar-refractivity contribution in [2.75, 3.05) is 23.8 Å². The fraction of sp³-hybridized carbons (Fsp3) is 0.455. The third-order valence-electron chi connectivity index (χ3n) is 6.42. The number of hydrogen-bond acceptors (Lipinski definition) is 13. The highest BCUT2D eigenvalue weighted by Gasteiger charge is 2.55. The standard InChI is InChI=1S/C22H28N10O7S2/c1-22(2,20(37)38)39-28-11(15-27-21(25)41-29-15)16(33)26-12-17(34)32-13(19(35)36)10(8-40-18(12)32)7-31-6-9(4-5-23)14(24)30(31)3/h6,12,18,24H,4-5,7-8,23H2,1-3H3,(H5,25,26,27,29,33,35,36,37,38)/p+1/b28-11-/t12-,18-/m1/s1. The van der Waals surface area contributed by atoms with Gasteiger partial charge in [-0.1, -0.05) is 5.16 Å². The second kappa shape index (κ2) is 11.3. The Bertz CT molecular complexity index is 1480. The molecule has 1 saturated heterocycles. The molecule has 0 saturated carbocycles. The van der Waals surface area contributed by atoms with Crippen LogP contribution in [0.25, 0.3) is 0 Å². The van der Waals surface area contributed by atoms with Gasteiger partial charge in [0, 0.05) is 22.9 Å². The van der Waals surface area contributed by atoms with Gasteiger partial charge in [-0.3, -0.25) is 14.5 Å². The summed E-state index contributed by atoms with van der Waals surface area (Å²) >= 11 is 2.05. The van der Waals surface area contributed by atoms with E-state index in [0.29, 0.717) is 24.4 Å². The summed E-state index contributed by atoms with van der Waals surface area (Å²) in [7, 11) is 1.74. The Labute approximate surface area is 241 Å². The number of nitrogens with one attached hydrogen (secondary N) is 1. The van der Waals surface area contributed by atoms with Gasteiger partial charge in [-0.2, -0.15) is 9.36 Å². The van der Waals surface area contributed by atoms with E-state index in [2.05, 4.69) is 19.8 Å². The number of carboxylic acids is 2. The molecule has 2 aliphatic heterocycles. The lowest BCUT2D eigenvalue weighted by atomic mass is 10.0. The summed E-state index contributed by atoms with van der Waals surface area (Å²) in [4.78, 5) is 60.2. The highest BCUT2D eigenvalue weighted by atomic mass is 32.2. The molecule has 19 heteroatoms. The van der Waals surface area contributed by atoms with Gasteiger partial charge in [0.05, 0.1) is 12.6 Å². The number of hydrogen-bond donors (Lipinski definition) is 6. The summed E-state index contributed by atoms with van der Waals surface area (Å²) in [5, 5.41) is 24.8. The smallest absolute Gasteiger partial charge is 0.352 e. The fourth-order valence-electron chi connectivity index (χ4n) is 4.10. The first-order chi connectivity index (χ1) is 19.3.